The van der Waals surface area contributed by atoms with Gasteiger partial charge in [-0.1, -0.05) is 26.2 Å². The molecule has 0 radical (unpaired) electrons. The van der Waals surface area contributed by atoms with Crippen LogP contribution in [0.5, 0.6) is 0 Å². The third-order valence-corrected chi connectivity index (χ3v) is 4.59. The number of carbonyl (C=O) groups is 1. The highest BCUT2D eigenvalue weighted by Gasteiger charge is 2.33. The largest absolute Gasteiger partial charge is 0.355 e. The highest BCUT2D eigenvalue weighted by atomic mass is 16.1. The number of carbonyl (C=O) groups excluding carboxylic acids is 1. The van der Waals surface area contributed by atoms with Crippen LogP contribution in [0.1, 0.15) is 51.9 Å². The molecule has 2 rings (SSSR count). The SMILES string of the molecule is CN=C(NCCNC(=O)CC1CCCCC1)NC1CC1C. The minimum Gasteiger partial charge on any atom is -0.355 e. The summed E-state index contributed by atoms with van der Waals surface area (Å²) >= 11 is 0. The van der Waals surface area contributed by atoms with Crippen LogP contribution in [0.15, 0.2) is 4.99 Å². The molecule has 2 unspecified atom stereocenters. The zero-order valence-corrected chi connectivity index (χ0v) is 13.5. The minimum absolute atomic E-state index is 0.197. The maximum atomic E-state index is 11.9. The van der Waals surface area contributed by atoms with E-state index in [0.717, 1.165) is 18.4 Å². The number of rotatable bonds is 6. The lowest BCUT2D eigenvalue weighted by Crippen LogP contribution is -2.42. The summed E-state index contributed by atoms with van der Waals surface area (Å²) in [5.41, 5.74) is 0. The van der Waals surface area contributed by atoms with E-state index in [-0.39, 0.29) is 5.91 Å². The van der Waals surface area contributed by atoms with Gasteiger partial charge < -0.3 is 16.0 Å². The van der Waals surface area contributed by atoms with Crippen LogP contribution in [0.25, 0.3) is 0 Å². The smallest absolute Gasteiger partial charge is 0.220 e. The molecule has 2 atom stereocenters. The zero-order valence-electron chi connectivity index (χ0n) is 13.5. The Balaban J connectivity index is 1.52. The predicted octanol–water partition coefficient (Wildman–Crippen LogP) is 1.65. The molecule has 1 amide bonds. The van der Waals surface area contributed by atoms with E-state index in [2.05, 4.69) is 27.9 Å². The van der Waals surface area contributed by atoms with E-state index < -0.39 is 0 Å². The molecule has 0 spiro atoms. The fourth-order valence-electron chi connectivity index (χ4n) is 3.00. The van der Waals surface area contributed by atoms with Crippen molar-refractivity contribution < 1.29 is 4.79 Å². The van der Waals surface area contributed by atoms with Crippen LogP contribution in [0.2, 0.25) is 0 Å². The summed E-state index contributed by atoms with van der Waals surface area (Å²) in [7, 11) is 1.78. The Morgan fingerprint density at radius 2 is 1.81 bits per heavy atom. The molecule has 2 fully saturated rings. The van der Waals surface area contributed by atoms with Gasteiger partial charge in [-0.15, -0.1) is 0 Å². The van der Waals surface area contributed by atoms with Crippen LogP contribution in [-0.2, 0) is 4.79 Å². The van der Waals surface area contributed by atoms with Gasteiger partial charge in [0, 0.05) is 32.6 Å². The van der Waals surface area contributed by atoms with Crippen molar-refractivity contribution in [2.24, 2.45) is 16.8 Å². The van der Waals surface area contributed by atoms with E-state index in [0.29, 0.717) is 24.9 Å². The van der Waals surface area contributed by atoms with E-state index in [1.165, 1.54) is 38.5 Å². The molecule has 120 valence electrons. The third-order valence-electron chi connectivity index (χ3n) is 4.59. The molecule has 2 saturated carbocycles. The monoisotopic (exact) mass is 294 g/mol. The van der Waals surface area contributed by atoms with Gasteiger partial charge in [0.15, 0.2) is 5.96 Å². The van der Waals surface area contributed by atoms with Crippen LogP contribution in [0.3, 0.4) is 0 Å². The number of hydrogen-bond acceptors (Lipinski definition) is 2. The van der Waals surface area contributed by atoms with E-state index in [1.807, 2.05) is 0 Å². The van der Waals surface area contributed by atoms with Crippen LogP contribution in [-0.4, -0.2) is 38.0 Å². The second-order valence-electron chi connectivity index (χ2n) is 6.52. The van der Waals surface area contributed by atoms with Crippen LogP contribution < -0.4 is 16.0 Å². The minimum atomic E-state index is 0.197. The molecule has 5 heteroatoms. The Hall–Kier alpha value is -1.26. The lowest BCUT2D eigenvalue weighted by molar-refractivity contribution is -0.122. The highest BCUT2D eigenvalue weighted by Crippen LogP contribution is 2.28. The fourth-order valence-corrected chi connectivity index (χ4v) is 3.00. The van der Waals surface area contributed by atoms with Crippen molar-refractivity contribution >= 4 is 11.9 Å². The first-order valence-electron chi connectivity index (χ1n) is 8.43. The molecule has 0 aliphatic heterocycles. The summed E-state index contributed by atoms with van der Waals surface area (Å²) in [6.07, 6.45) is 8.30. The van der Waals surface area contributed by atoms with Gasteiger partial charge >= 0.3 is 0 Å². The lowest BCUT2D eigenvalue weighted by Gasteiger charge is -2.20. The van der Waals surface area contributed by atoms with Gasteiger partial charge in [-0.25, -0.2) is 0 Å². The molecular formula is C16H30N4O. The van der Waals surface area contributed by atoms with Crippen LogP contribution >= 0.6 is 0 Å². The Kier molecular flexibility index (Phi) is 6.33. The van der Waals surface area contributed by atoms with Crippen molar-refractivity contribution in [2.45, 2.75) is 57.9 Å². The highest BCUT2D eigenvalue weighted by molar-refractivity contribution is 5.80. The van der Waals surface area contributed by atoms with Gasteiger partial charge in [-0.2, -0.15) is 0 Å². The second-order valence-corrected chi connectivity index (χ2v) is 6.52. The first-order valence-corrected chi connectivity index (χ1v) is 8.43. The first kappa shape index (κ1) is 16.1. The Labute approximate surface area is 128 Å². The predicted molar refractivity (Wildman–Crippen MR) is 86.3 cm³/mol. The molecule has 3 N–H and O–H groups in total. The van der Waals surface area contributed by atoms with Gasteiger partial charge in [0.25, 0.3) is 0 Å². The quantitative estimate of drug-likeness (QED) is 0.396. The summed E-state index contributed by atoms with van der Waals surface area (Å²) < 4.78 is 0. The Morgan fingerprint density at radius 3 is 2.43 bits per heavy atom. The topological polar surface area (TPSA) is 65.5 Å². The maximum Gasteiger partial charge on any atom is 0.220 e. The first-order chi connectivity index (χ1) is 10.2. The third kappa shape index (κ3) is 5.94. The van der Waals surface area contributed by atoms with Gasteiger partial charge in [0.05, 0.1) is 0 Å². The average molecular weight is 294 g/mol. The summed E-state index contributed by atoms with van der Waals surface area (Å²) in [4.78, 5) is 16.1. The van der Waals surface area contributed by atoms with Crippen molar-refractivity contribution in [3.05, 3.63) is 0 Å². The molecular weight excluding hydrogens is 264 g/mol. The van der Waals surface area contributed by atoms with Crippen molar-refractivity contribution in [3.8, 4) is 0 Å². The molecule has 2 aliphatic carbocycles. The summed E-state index contributed by atoms with van der Waals surface area (Å²) in [6, 6.07) is 0.567. The molecule has 5 nitrogen and oxygen atoms in total. The van der Waals surface area contributed by atoms with Crippen molar-refractivity contribution in [2.75, 3.05) is 20.1 Å². The number of hydrogen-bond donors (Lipinski definition) is 3. The fraction of sp³-hybridized carbons (Fsp3) is 0.875. The Bertz CT molecular complexity index is 363. The zero-order chi connectivity index (χ0) is 15.1. The standard InChI is InChI=1S/C16H30N4O/c1-12-10-14(12)20-16(17-2)19-9-8-18-15(21)11-13-6-4-3-5-7-13/h12-14H,3-11H2,1-2H3,(H,18,21)(H2,17,19,20). The normalized spacial score (nSPS) is 26.3. The Morgan fingerprint density at radius 1 is 1.14 bits per heavy atom. The summed E-state index contributed by atoms with van der Waals surface area (Å²) in [6.45, 7) is 3.61. The van der Waals surface area contributed by atoms with Crippen molar-refractivity contribution in [1.29, 1.82) is 0 Å². The second kappa shape index (κ2) is 8.25. The average Bonchev–Trinajstić information content (AvgIpc) is 3.18. The number of nitrogens with one attached hydrogen (secondary N) is 3. The van der Waals surface area contributed by atoms with E-state index in [1.54, 1.807) is 7.05 Å². The molecule has 0 saturated heterocycles. The number of nitrogens with zero attached hydrogens (tertiary/aromatic N) is 1. The van der Waals surface area contributed by atoms with Crippen molar-refractivity contribution in [3.63, 3.8) is 0 Å². The molecule has 0 aromatic carbocycles. The maximum absolute atomic E-state index is 11.9. The number of guanidine groups is 1. The summed E-state index contributed by atoms with van der Waals surface area (Å²) in [5, 5.41) is 9.62. The molecule has 0 bridgehead atoms. The van der Waals surface area contributed by atoms with E-state index in [9.17, 15) is 4.79 Å². The van der Waals surface area contributed by atoms with Crippen LogP contribution in [0.4, 0.5) is 0 Å². The number of amides is 1. The van der Waals surface area contributed by atoms with Crippen molar-refractivity contribution in [1.82, 2.24) is 16.0 Å². The van der Waals surface area contributed by atoms with Gasteiger partial charge in [-0.3, -0.25) is 9.79 Å². The summed E-state index contributed by atoms with van der Waals surface area (Å²) in [5.74, 6) is 2.39. The van der Waals surface area contributed by atoms with Crippen LogP contribution in [0, 0.1) is 11.8 Å². The molecule has 21 heavy (non-hydrogen) atoms. The van der Waals surface area contributed by atoms with Gasteiger partial charge in [0.2, 0.25) is 5.91 Å². The van der Waals surface area contributed by atoms with E-state index in [4.69, 9.17) is 0 Å². The molecule has 0 aromatic heterocycles. The van der Waals surface area contributed by atoms with Gasteiger partial charge in [0.1, 0.15) is 0 Å². The molecule has 2 aliphatic rings. The molecule has 0 heterocycles. The lowest BCUT2D eigenvalue weighted by atomic mass is 9.87. The number of aliphatic imine (C=N–C) groups is 1. The molecule has 0 aromatic rings. The van der Waals surface area contributed by atoms with Gasteiger partial charge in [-0.05, 0) is 31.1 Å². The van der Waals surface area contributed by atoms with E-state index >= 15 is 0 Å².